The molecule has 0 aromatic heterocycles. The van der Waals surface area contributed by atoms with Gasteiger partial charge in [0.2, 0.25) is 0 Å². The molecule has 7 nitrogen and oxygen atoms in total. The summed E-state index contributed by atoms with van der Waals surface area (Å²) < 4.78 is 11.6. The smallest absolute Gasteiger partial charge is 0.257 e. The Balaban J connectivity index is 1.34. The maximum Gasteiger partial charge on any atom is 0.257 e. The van der Waals surface area contributed by atoms with E-state index in [0.717, 1.165) is 26.1 Å². The van der Waals surface area contributed by atoms with Crippen molar-refractivity contribution in [2.75, 3.05) is 60.0 Å². The van der Waals surface area contributed by atoms with Crippen molar-refractivity contribution in [2.45, 2.75) is 19.1 Å². The second-order valence-electron chi connectivity index (χ2n) is 8.82. The lowest BCUT2D eigenvalue weighted by Crippen LogP contribution is -2.44. The van der Waals surface area contributed by atoms with Gasteiger partial charge in [-0.15, -0.1) is 0 Å². The number of hydrogen-bond donors (Lipinski definition) is 1. The van der Waals surface area contributed by atoms with Crippen molar-refractivity contribution in [3.63, 3.8) is 0 Å². The Morgan fingerprint density at radius 2 is 1.94 bits per heavy atom. The summed E-state index contributed by atoms with van der Waals surface area (Å²) in [4.78, 5) is 19.1. The molecule has 0 saturated carbocycles. The van der Waals surface area contributed by atoms with E-state index in [1.807, 2.05) is 14.1 Å². The van der Waals surface area contributed by atoms with Gasteiger partial charge in [0.25, 0.3) is 5.91 Å². The highest BCUT2D eigenvalue weighted by atomic mass is 16.5. The molecule has 4 rings (SSSR count). The van der Waals surface area contributed by atoms with Crippen molar-refractivity contribution in [2.24, 2.45) is 0 Å². The lowest BCUT2D eigenvalue weighted by atomic mass is 10.00. The Hall–Kier alpha value is -2.61. The Morgan fingerprint density at radius 3 is 2.75 bits per heavy atom. The molecule has 0 aliphatic carbocycles. The number of aliphatic hydroxyl groups excluding tert-OH is 1. The fourth-order valence-electron chi connectivity index (χ4n) is 4.27. The van der Waals surface area contributed by atoms with E-state index in [0.29, 0.717) is 49.9 Å². The number of hydrogen-bond acceptors (Lipinski definition) is 6. The number of fused-ring (bicyclic) bond motifs is 2. The van der Waals surface area contributed by atoms with E-state index in [9.17, 15) is 9.90 Å². The second-order valence-corrected chi connectivity index (χ2v) is 8.82. The summed E-state index contributed by atoms with van der Waals surface area (Å²) in [5, 5.41) is 10.7. The predicted molar refractivity (Wildman–Crippen MR) is 123 cm³/mol. The first-order chi connectivity index (χ1) is 15.5. The van der Waals surface area contributed by atoms with Crippen molar-refractivity contribution in [3.8, 4) is 11.5 Å². The molecule has 1 N–H and O–H groups in total. The van der Waals surface area contributed by atoms with Crippen LogP contribution in [-0.2, 0) is 13.0 Å². The summed E-state index contributed by atoms with van der Waals surface area (Å²) in [5.74, 6) is 1.12. The van der Waals surface area contributed by atoms with Gasteiger partial charge in [-0.1, -0.05) is 24.3 Å². The molecule has 2 aliphatic heterocycles. The monoisotopic (exact) mass is 439 g/mol. The summed E-state index contributed by atoms with van der Waals surface area (Å²) in [5.41, 5.74) is 3.23. The summed E-state index contributed by atoms with van der Waals surface area (Å²) in [6.07, 6.45) is 0.380. The van der Waals surface area contributed by atoms with Crippen LogP contribution in [0.4, 0.5) is 0 Å². The minimum absolute atomic E-state index is 0.111. The minimum atomic E-state index is -0.612. The number of rotatable bonds is 8. The number of nitrogens with zero attached hydrogens (tertiary/aromatic N) is 3. The van der Waals surface area contributed by atoms with E-state index in [1.165, 1.54) is 11.1 Å². The first-order valence-electron chi connectivity index (χ1n) is 11.3. The van der Waals surface area contributed by atoms with Gasteiger partial charge in [-0.3, -0.25) is 9.69 Å². The molecule has 0 fully saturated rings. The normalized spacial score (nSPS) is 17.4. The van der Waals surface area contributed by atoms with Gasteiger partial charge >= 0.3 is 0 Å². The molecule has 7 heteroatoms. The molecular formula is C25H33N3O4. The van der Waals surface area contributed by atoms with Crippen LogP contribution in [0, 0.1) is 0 Å². The topological polar surface area (TPSA) is 65.5 Å². The third kappa shape index (κ3) is 5.59. The van der Waals surface area contributed by atoms with Crippen molar-refractivity contribution >= 4 is 5.91 Å². The van der Waals surface area contributed by atoms with Crippen LogP contribution >= 0.6 is 0 Å². The lowest BCUT2D eigenvalue weighted by Gasteiger charge is -2.32. The molecule has 172 valence electrons. The Morgan fingerprint density at radius 1 is 1.12 bits per heavy atom. The molecule has 32 heavy (non-hydrogen) atoms. The largest absolute Gasteiger partial charge is 0.492 e. The summed E-state index contributed by atoms with van der Waals surface area (Å²) in [6, 6.07) is 13.8. The van der Waals surface area contributed by atoms with Gasteiger partial charge in [0.15, 0.2) is 0 Å². The highest BCUT2D eigenvalue weighted by molar-refractivity contribution is 5.97. The van der Waals surface area contributed by atoms with E-state index >= 15 is 0 Å². The highest BCUT2D eigenvalue weighted by Gasteiger charge is 2.27. The van der Waals surface area contributed by atoms with Crippen LogP contribution in [0.1, 0.15) is 21.5 Å². The zero-order chi connectivity index (χ0) is 22.5. The van der Waals surface area contributed by atoms with Gasteiger partial charge < -0.3 is 24.4 Å². The van der Waals surface area contributed by atoms with Crippen molar-refractivity contribution in [1.29, 1.82) is 0 Å². The second kappa shape index (κ2) is 10.3. The number of carbonyl (C=O) groups is 1. The molecule has 1 unspecified atom stereocenters. The van der Waals surface area contributed by atoms with Gasteiger partial charge in [-0.25, -0.2) is 0 Å². The van der Waals surface area contributed by atoms with E-state index in [-0.39, 0.29) is 5.91 Å². The summed E-state index contributed by atoms with van der Waals surface area (Å²) in [6.45, 7) is 4.82. The van der Waals surface area contributed by atoms with Crippen LogP contribution in [0.15, 0.2) is 42.5 Å². The number of ether oxygens (including phenoxy) is 2. The standard InChI is InChI=1S/C25H33N3O4/c1-26(2)11-13-31-22-7-8-23-24(15-22)32-14-12-28(25(23)30)18-21(29)17-27-10-9-19-5-3-4-6-20(19)16-27/h3-8,15,21,29H,9-14,16-18H2,1-2H3. The average Bonchev–Trinajstić information content (AvgIpc) is 2.92. The van der Waals surface area contributed by atoms with E-state index < -0.39 is 6.10 Å². The van der Waals surface area contributed by atoms with Crippen LogP contribution < -0.4 is 9.47 Å². The number of likely N-dealkylation sites (N-methyl/N-ethyl adjacent to an activating group) is 1. The van der Waals surface area contributed by atoms with E-state index in [2.05, 4.69) is 34.1 Å². The third-order valence-corrected chi connectivity index (χ3v) is 6.01. The third-order valence-electron chi connectivity index (χ3n) is 6.01. The highest BCUT2D eigenvalue weighted by Crippen LogP contribution is 2.28. The molecule has 0 saturated heterocycles. The minimum Gasteiger partial charge on any atom is -0.492 e. The first kappa shape index (κ1) is 22.6. The van der Waals surface area contributed by atoms with Crippen LogP contribution in [-0.4, -0.2) is 91.9 Å². The van der Waals surface area contributed by atoms with E-state index in [1.54, 1.807) is 23.1 Å². The van der Waals surface area contributed by atoms with Crippen LogP contribution in [0.2, 0.25) is 0 Å². The van der Waals surface area contributed by atoms with E-state index in [4.69, 9.17) is 9.47 Å². The maximum absolute atomic E-state index is 13.1. The average molecular weight is 440 g/mol. The van der Waals surface area contributed by atoms with Crippen molar-refractivity contribution in [3.05, 3.63) is 59.2 Å². The number of amides is 1. The molecule has 1 atom stereocenters. The van der Waals surface area contributed by atoms with Crippen LogP contribution in [0.5, 0.6) is 11.5 Å². The lowest BCUT2D eigenvalue weighted by molar-refractivity contribution is 0.0501. The molecule has 0 radical (unpaired) electrons. The summed E-state index contributed by atoms with van der Waals surface area (Å²) >= 11 is 0. The quantitative estimate of drug-likeness (QED) is 0.678. The van der Waals surface area contributed by atoms with Crippen molar-refractivity contribution < 1.29 is 19.4 Å². The fraction of sp³-hybridized carbons (Fsp3) is 0.480. The predicted octanol–water partition coefficient (Wildman–Crippen LogP) is 1.88. The number of β-amino-alcohol motifs (C(OH)–C–C–N with tert-alkyl or cyclic N) is 1. The van der Waals surface area contributed by atoms with Gasteiger partial charge in [0.1, 0.15) is 24.7 Å². The fourth-order valence-corrected chi connectivity index (χ4v) is 4.27. The Bertz CT molecular complexity index is 933. The van der Waals surface area contributed by atoms with Gasteiger partial charge in [0.05, 0.1) is 18.2 Å². The summed E-state index contributed by atoms with van der Waals surface area (Å²) in [7, 11) is 3.99. The van der Waals surface area contributed by atoms with Gasteiger partial charge in [0, 0.05) is 38.8 Å². The molecular weight excluding hydrogens is 406 g/mol. The molecule has 2 heterocycles. The number of aliphatic hydroxyl groups is 1. The molecule has 2 aliphatic rings. The Kier molecular flexibility index (Phi) is 7.29. The zero-order valence-electron chi connectivity index (χ0n) is 19.0. The van der Waals surface area contributed by atoms with Crippen molar-refractivity contribution in [1.82, 2.24) is 14.7 Å². The number of benzene rings is 2. The van der Waals surface area contributed by atoms with Gasteiger partial charge in [-0.2, -0.15) is 0 Å². The number of carbonyl (C=O) groups excluding carboxylic acids is 1. The Labute approximate surface area is 190 Å². The molecule has 2 aromatic carbocycles. The van der Waals surface area contributed by atoms with Crippen LogP contribution in [0.3, 0.4) is 0 Å². The first-order valence-corrected chi connectivity index (χ1v) is 11.3. The molecule has 2 aromatic rings. The zero-order valence-corrected chi connectivity index (χ0v) is 19.0. The molecule has 1 amide bonds. The molecule has 0 spiro atoms. The maximum atomic E-state index is 13.1. The van der Waals surface area contributed by atoms with Gasteiger partial charge in [-0.05, 0) is 43.8 Å². The SMILES string of the molecule is CN(C)CCOc1ccc2c(c1)OCCN(CC(O)CN1CCc3ccccc3C1)C2=O. The molecule has 0 bridgehead atoms. The van der Waals surface area contributed by atoms with Crippen LogP contribution in [0.25, 0.3) is 0 Å².